The van der Waals surface area contributed by atoms with E-state index < -0.39 is 0 Å². The highest BCUT2D eigenvalue weighted by Gasteiger charge is 2.27. The van der Waals surface area contributed by atoms with Gasteiger partial charge in [0.15, 0.2) is 0 Å². The number of hydrogen-bond acceptors (Lipinski definition) is 5. The molecule has 1 fully saturated rings. The second kappa shape index (κ2) is 4.90. The maximum absolute atomic E-state index is 8.71. The van der Waals surface area contributed by atoms with Crippen LogP contribution in [0.4, 0.5) is 5.13 Å². The van der Waals surface area contributed by atoms with Crippen molar-refractivity contribution in [3.05, 3.63) is 5.82 Å². The van der Waals surface area contributed by atoms with E-state index in [2.05, 4.69) is 21.6 Å². The molecule has 0 aromatic carbocycles. The lowest BCUT2D eigenvalue weighted by Crippen LogP contribution is -2.15. The van der Waals surface area contributed by atoms with Crippen LogP contribution < -0.4 is 5.32 Å². The summed E-state index contributed by atoms with van der Waals surface area (Å²) in [6.07, 6.45) is 4.30. The number of aliphatic hydroxyl groups is 1. The van der Waals surface area contributed by atoms with Crippen LogP contribution in [0.3, 0.4) is 0 Å². The lowest BCUT2D eigenvalue weighted by Gasteiger charge is -2.10. The van der Waals surface area contributed by atoms with E-state index in [9.17, 15) is 0 Å². The van der Waals surface area contributed by atoms with Crippen LogP contribution >= 0.6 is 11.5 Å². The molecule has 15 heavy (non-hydrogen) atoms. The Morgan fingerprint density at radius 2 is 2.40 bits per heavy atom. The van der Waals surface area contributed by atoms with Crippen molar-refractivity contribution in [2.45, 2.75) is 44.6 Å². The van der Waals surface area contributed by atoms with Crippen molar-refractivity contribution in [2.75, 3.05) is 11.9 Å². The molecule has 1 heterocycles. The van der Waals surface area contributed by atoms with E-state index in [1.165, 1.54) is 24.4 Å². The summed E-state index contributed by atoms with van der Waals surface area (Å²) in [5, 5.41) is 12.9. The van der Waals surface area contributed by atoms with Gasteiger partial charge in [-0.05, 0) is 32.6 Å². The molecule has 4 nitrogen and oxygen atoms in total. The smallest absolute Gasteiger partial charge is 0.202 e. The average molecular weight is 227 g/mol. The number of nitrogens with one attached hydrogen (secondary N) is 1. The zero-order valence-corrected chi connectivity index (χ0v) is 9.76. The van der Waals surface area contributed by atoms with Gasteiger partial charge in [0.05, 0.1) is 0 Å². The van der Waals surface area contributed by atoms with Gasteiger partial charge in [0.1, 0.15) is 5.82 Å². The first-order valence-electron chi connectivity index (χ1n) is 5.50. The van der Waals surface area contributed by atoms with E-state index in [1.807, 2.05) is 0 Å². The van der Waals surface area contributed by atoms with Gasteiger partial charge in [0.25, 0.3) is 0 Å². The first-order chi connectivity index (χ1) is 7.29. The summed E-state index contributed by atoms with van der Waals surface area (Å²) >= 11 is 1.44. The Morgan fingerprint density at radius 1 is 1.60 bits per heavy atom. The van der Waals surface area contributed by atoms with Crippen LogP contribution in [0, 0.1) is 0 Å². The molecular weight excluding hydrogens is 210 g/mol. The molecule has 0 amide bonds. The summed E-state index contributed by atoms with van der Waals surface area (Å²) < 4.78 is 4.33. The molecule has 1 aromatic heterocycles. The molecule has 1 atom stereocenters. The lowest BCUT2D eigenvalue weighted by atomic mass is 10.2. The predicted octanol–water partition coefficient (Wildman–Crippen LogP) is 1.99. The highest BCUT2D eigenvalue weighted by atomic mass is 32.1. The molecule has 1 aliphatic carbocycles. The number of aliphatic hydroxyl groups excluding tert-OH is 1. The highest BCUT2D eigenvalue weighted by Crippen LogP contribution is 2.39. The minimum absolute atomic E-state index is 0.259. The number of anilines is 1. The third kappa shape index (κ3) is 3.14. The molecule has 0 bridgehead atoms. The van der Waals surface area contributed by atoms with Gasteiger partial charge in [-0.2, -0.15) is 4.37 Å². The summed E-state index contributed by atoms with van der Waals surface area (Å²) in [7, 11) is 0. The monoisotopic (exact) mass is 227 g/mol. The number of nitrogens with zero attached hydrogens (tertiary/aromatic N) is 2. The molecule has 1 saturated carbocycles. The first-order valence-corrected chi connectivity index (χ1v) is 6.28. The molecule has 84 valence electrons. The zero-order valence-electron chi connectivity index (χ0n) is 8.94. The van der Waals surface area contributed by atoms with Crippen molar-refractivity contribution in [1.82, 2.24) is 9.36 Å². The Labute approximate surface area is 93.9 Å². The van der Waals surface area contributed by atoms with Crippen LogP contribution in [0.25, 0.3) is 0 Å². The van der Waals surface area contributed by atoms with Crippen LogP contribution in [0.2, 0.25) is 0 Å². The molecule has 1 aromatic rings. The van der Waals surface area contributed by atoms with Crippen LogP contribution in [0.5, 0.6) is 0 Å². The second-order valence-electron chi connectivity index (χ2n) is 4.14. The summed E-state index contributed by atoms with van der Waals surface area (Å²) in [5.74, 6) is 1.64. The zero-order chi connectivity index (χ0) is 10.7. The second-order valence-corrected chi connectivity index (χ2v) is 4.90. The van der Waals surface area contributed by atoms with E-state index in [1.54, 1.807) is 0 Å². The normalized spacial score (nSPS) is 17.7. The fourth-order valence-electron chi connectivity index (χ4n) is 1.48. The number of rotatable bonds is 6. The molecule has 5 heteroatoms. The Bertz CT molecular complexity index is 311. The fourth-order valence-corrected chi connectivity index (χ4v) is 2.24. The third-order valence-corrected chi connectivity index (χ3v) is 3.21. The minimum Gasteiger partial charge on any atom is -0.396 e. The standard InChI is InChI=1S/C10H17N3OS/c1-7(3-2-6-14)11-10-12-9(13-15-10)8-4-5-8/h7-8,14H,2-6H2,1H3,(H,11,12,13). The van der Waals surface area contributed by atoms with Crippen LogP contribution in [0.15, 0.2) is 0 Å². The largest absolute Gasteiger partial charge is 0.396 e. The van der Waals surface area contributed by atoms with Crippen molar-refractivity contribution in [3.63, 3.8) is 0 Å². The van der Waals surface area contributed by atoms with Gasteiger partial charge in [0.2, 0.25) is 5.13 Å². The summed E-state index contributed by atoms with van der Waals surface area (Å²) in [6.45, 7) is 2.36. The molecule has 0 saturated heterocycles. The first kappa shape index (κ1) is 10.8. The van der Waals surface area contributed by atoms with Gasteiger partial charge >= 0.3 is 0 Å². The summed E-state index contributed by atoms with van der Waals surface area (Å²) in [5.41, 5.74) is 0. The molecule has 0 radical (unpaired) electrons. The molecule has 2 N–H and O–H groups in total. The van der Waals surface area contributed by atoms with Crippen molar-refractivity contribution in [2.24, 2.45) is 0 Å². The van der Waals surface area contributed by atoms with Gasteiger partial charge in [-0.25, -0.2) is 4.98 Å². The van der Waals surface area contributed by atoms with Gasteiger partial charge in [0, 0.05) is 30.1 Å². The van der Waals surface area contributed by atoms with E-state index in [0.717, 1.165) is 23.8 Å². The van der Waals surface area contributed by atoms with E-state index in [4.69, 9.17) is 5.11 Å². The van der Waals surface area contributed by atoms with Gasteiger partial charge in [-0.3, -0.25) is 0 Å². The average Bonchev–Trinajstić information content (AvgIpc) is 2.98. The van der Waals surface area contributed by atoms with E-state index >= 15 is 0 Å². The van der Waals surface area contributed by atoms with Crippen LogP contribution in [0.1, 0.15) is 44.3 Å². The number of aromatic nitrogens is 2. The molecule has 0 spiro atoms. The van der Waals surface area contributed by atoms with Gasteiger partial charge < -0.3 is 10.4 Å². The van der Waals surface area contributed by atoms with Crippen molar-refractivity contribution in [1.29, 1.82) is 0 Å². The van der Waals surface area contributed by atoms with Crippen molar-refractivity contribution >= 4 is 16.7 Å². The topological polar surface area (TPSA) is 58.0 Å². The molecule has 0 aliphatic heterocycles. The van der Waals surface area contributed by atoms with Crippen LogP contribution in [-0.4, -0.2) is 27.1 Å². The predicted molar refractivity (Wildman–Crippen MR) is 61.3 cm³/mol. The third-order valence-electron chi connectivity index (χ3n) is 2.55. The Morgan fingerprint density at radius 3 is 3.07 bits per heavy atom. The highest BCUT2D eigenvalue weighted by molar-refractivity contribution is 7.09. The number of hydrogen-bond donors (Lipinski definition) is 2. The van der Waals surface area contributed by atoms with E-state index in [-0.39, 0.29) is 6.61 Å². The molecule has 1 aliphatic rings. The molecular formula is C10H17N3OS. The SMILES string of the molecule is CC(CCCO)Nc1nc(C2CC2)ns1. The Balaban J connectivity index is 1.81. The van der Waals surface area contributed by atoms with Gasteiger partial charge in [-0.15, -0.1) is 0 Å². The molecule has 1 unspecified atom stereocenters. The Hall–Kier alpha value is -0.680. The Kier molecular flexibility index (Phi) is 3.53. The maximum atomic E-state index is 8.71. The summed E-state index contributed by atoms with van der Waals surface area (Å²) in [4.78, 5) is 4.45. The fraction of sp³-hybridized carbons (Fsp3) is 0.800. The molecule has 2 rings (SSSR count). The van der Waals surface area contributed by atoms with E-state index in [0.29, 0.717) is 12.0 Å². The van der Waals surface area contributed by atoms with Gasteiger partial charge in [-0.1, -0.05) is 0 Å². The van der Waals surface area contributed by atoms with Crippen LogP contribution in [-0.2, 0) is 0 Å². The quantitative estimate of drug-likeness (QED) is 0.780. The lowest BCUT2D eigenvalue weighted by molar-refractivity contribution is 0.282. The minimum atomic E-state index is 0.259. The maximum Gasteiger partial charge on any atom is 0.202 e. The van der Waals surface area contributed by atoms with Crippen molar-refractivity contribution in [3.8, 4) is 0 Å². The van der Waals surface area contributed by atoms with Crippen molar-refractivity contribution < 1.29 is 5.11 Å². The summed E-state index contributed by atoms with van der Waals surface area (Å²) in [6, 6.07) is 0.358.